The number of pyridine rings is 1. The van der Waals surface area contributed by atoms with Crippen molar-refractivity contribution in [2.24, 2.45) is 0 Å². The van der Waals surface area contributed by atoms with Gasteiger partial charge in [0, 0.05) is 17.6 Å². The van der Waals surface area contributed by atoms with Crippen molar-refractivity contribution >= 4 is 22.6 Å². The highest BCUT2D eigenvalue weighted by molar-refractivity contribution is 5.92. The zero-order chi connectivity index (χ0) is 16.9. The van der Waals surface area contributed by atoms with Gasteiger partial charge in [0.1, 0.15) is 11.5 Å². The number of benzene rings is 2. The van der Waals surface area contributed by atoms with Crippen LogP contribution < -0.4 is 9.47 Å². The number of allylic oxidation sites excluding steroid dienone is 1. The number of nitrogens with zero attached hydrogens (tertiary/aromatic N) is 2. The number of ether oxygens (including phenoxy) is 2. The molecule has 0 radical (unpaired) electrons. The molecule has 0 spiro atoms. The minimum atomic E-state index is 0.518. The maximum atomic E-state index is 9.56. The number of hydrogen-bond donors (Lipinski definition) is 0. The average molecular weight is 316 g/mol. The molecule has 24 heavy (non-hydrogen) atoms. The van der Waals surface area contributed by atoms with E-state index < -0.39 is 0 Å². The van der Waals surface area contributed by atoms with Crippen LogP contribution in [0.1, 0.15) is 11.1 Å². The van der Waals surface area contributed by atoms with Gasteiger partial charge in [0.15, 0.2) is 0 Å². The monoisotopic (exact) mass is 316 g/mol. The first-order chi connectivity index (χ1) is 11.7. The highest BCUT2D eigenvalue weighted by Crippen LogP contribution is 2.28. The topological polar surface area (TPSA) is 55.1 Å². The number of hydrogen-bond acceptors (Lipinski definition) is 4. The molecule has 3 rings (SSSR count). The second kappa shape index (κ2) is 6.84. The molecule has 2 aromatic carbocycles. The molecule has 1 heterocycles. The lowest BCUT2D eigenvalue weighted by Crippen LogP contribution is -1.91. The van der Waals surface area contributed by atoms with E-state index in [9.17, 15) is 5.26 Å². The smallest absolute Gasteiger partial charge is 0.123 e. The Kier molecular flexibility index (Phi) is 4.44. The van der Waals surface area contributed by atoms with E-state index in [1.165, 1.54) is 0 Å². The van der Waals surface area contributed by atoms with E-state index in [-0.39, 0.29) is 0 Å². The van der Waals surface area contributed by atoms with Gasteiger partial charge in [0.05, 0.1) is 31.4 Å². The predicted octanol–water partition coefficient (Wildman–Crippen LogP) is 4.32. The van der Waals surface area contributed by atoms with Gasteiger partial charge in [-0.2, -0.15) is 5.26 Å². The largest absolute Gasteiger partial charge is 0.497 e. The summed E-state index contributed by atoms with van der Waals surface area (Å²) in [6.45, 7) is 0. The molecule has 0 atom stereocenters. The van der Waals surface area contributed by atoms with Crippen molar-refractivity contribution in [1.82, 2.24) is 4.98 Å². The number of para-hydroxylation sites is 1. The van der Waals surface area contributed by atoms with Crippen molar-refractivity contribution in [3.63, 3.8) is 0 Å². The molecule has 0 aliphatic heterocycles. The summed E-state index contributed by atoms with van der Waals surface area (Å²) in [4.78, 5) is 4.43. The lowest BCUT2D eigenvalue weighted by atomic mass is 10.0. The predicted molar refractivity (Wildman–Crippen MR) is 94.8 cm³/mol. The zero-order valence-corrected chi connectivity index (χ0v) is 13.5. The molecule has 0 N–H and O–H groups in total. The Morgan fingerprint density at radius 3 is 2.42 bits per heavy atom. The lowest BCUT2D eigenvalue weighted by molar-refractivity contribution is 0.394. The van der Waals surface area contributed by atoms with Crippen LogP contribution in [0.4, 0.5) is 0 Å². The third-order valence-corrected chi connectivity index (χ3v) is 3.71. The van der Waals surface area contributed by atoms with Gasteiger partial charge < -0.3 is 9.47 Å². The van der Waals surface area contributed by atoms with E-state index in [4.69, 9.17) is 9.47 Å². The molecule has 0 fully saturated rings. The standard InChI is InChI=1S/C20H16N2O2/c1-23-18-9-16(10-19(11-18)24-2)17(12-21)8-14-7-15-5-3-4-6-20(15)22-13-14/h3-11,13H,1-2H3/b17-8+. The Balaban J connectivity index is 2.07. The van der Waals surface area contributed by atoms with Crippen molar-refractivity contribution in [2.45, 2.75) is 0 Å². The first kappa shape index (κ1) is 15.6. The van der Waals surface area contributed by atoms with Crippen LogP contribution in [0.15, 0.2) is 54.7 Å². The lowest BCUT2D eigenvalue weighted by Gasteiger charge is -2.08. The fourth-order valence-electron chi connectivity index (χ4n) is 2.48. The van der Waals surface area contributed by atoms with Crippen LogP contribution in [0, 0.1) is 11.3 Å². The molecule has 0 saturated carbocycles. The van der Waals surface area contributed by atoms with Crippen molar-refractivity contribution in [3.8, 4) is 17.6 Å². The number of methoxy groups -OCH3 is 2. The highest BCUT2D eigenvalue weighted by atomic mass is 16.5. The van der Waals surface area contributed by atoms with Crippen LogP contribution >= 0.6 is 0 Å². The van der Waals surface area contributed by atoms with E-state index in [0.717, 1.165) is 22.0 Å². The summed E-state index contributed by atoms with van der Waals surface area (Å²) in [5.74, 6) is 1.28. The van der Waals surface area contributed by atoms with Gasteiger partial charge in [0.25, 0.3) is 0 Å². The van der Waals surface area contributed by atoms with E-state index in [2.05, 4.69) is 11.1 Å². The second-order valence-corrected chi connectivity index (χ2v) is 5.23. The third-order valence-electron chi connectivity index (χ3n) is 3.71. The SMILES string of the molecule is COc1cc(OC)cc(/C(C#N)=C/c2cnc3ccccc3c2)c1. The summed E-state index contributed by atoms with van der Waals surface area (Å²) in [7, 11) is 3.17. The molecule has 0 amide bonds. The molecule has 3 aromatic rings. The zero-order valence-electron chi connectivity index (χ0n) is 13.5. The Bertz CT molecular complexity index is 933. The van der Waals surface area contributed by atoms with Crippen LogP contribution in [0.2, 0.25) is 0 Å². The number of aromatic nitrogens is 1. The molecule has 4 heteroatoms. The van der Waals surface area contributed by atoms with Gasteiger partial charge in [-0.3, -0.25) is 4.98 Å². The summed E-state index contributed by atoms with van der Waals surface area (Å²) >= 11 is 0. The Morgan fingerprint density at radius 2 is 1.75 bits per heavy atom. The van der Waals surface area contributed by atoms with Crippen LogP contribution in [0.5, 0.6) is 11.5 Å². The fraction of sp³-hybridized carbons (Fsp3) is 0.100. The van der Waals surface area contributed by atoms with Gasteiger partial charge in [-0.1, -0.05) is 18.2 Å². The van der Waals surface area contributed by atoms with E-state index in [1.807, 2.05) is 48.5 Å². The number of nitriles is 1. The van der Waals surface area contributed by atoms with Gasteiger partial charge in [-0.05, 0) is 41.5 Å². The summed E-state index contributed by atoms with van der Waals surface area (Å²) in [5.41, 5.74) is 3.05. The Morgan fingerprint density at radius 1 is 1.04 bits per heavy atom. The van der Waals surface area contributed by atoms with Gasteiger partial charge >= 0.3 is 0 Å². The summed E-state index contributed by atoms with van der Waals surface area (Å²) in [5, 5.41) is 10.6. The van der Waals surface area contributed by atoms with Crippen LogP contribution in [-0.2, 0) is 0 Å². The third kappa shape index (κ3) is 3.21. The molecule has 0 bridgehead atoms. The van der Waals surface area contributed by atoms with Crippen molar-refractivity contribution < 1.29 is 9.47 Å². The van der Waals surface area contributed by atoms with Crippen molar-refractivity contribution in [2.75, 3.05) is 14.2 Å². The quantitative estimate of drug-likeness (QED) is 0.673. The molecule has 0 unspecified atom stereocenters. The summed E-state index contributed by atoms with van der Waals surface area (Å²) in [6.07, 6.45) is 3.57. The van der Waals surface area contributed by atoms with Crippen molar-refractivity contribution in [1.29, 1.82) is 5.26 Å². The van der Waals surface area contributed by atoms with E-state index in [0.29, 0.717) is 17.1 Å². The minimum Gasteiger partial charge on any atom is -0.497 e. The molecular formula is C20H16N2O2. The minimum absolute atomic E-state index is 0.518. The molecule has 0 aliphatic carbocycles. The van der Waals surface area contributed by atoms with Gasteiger partial charge in [0.2, 0.25) is 0 Å². The van der Waals surface area contributed by atoms with E-state index in [1.54, 1.807) is 26.5 Å². The fourth-order valence-corrected chi connectivity index (χ4v) is 2.48. The second-order valence-electron chi connectivity index (χ2n) is 5.23. The van der Waals surface area contributed by atoms with Gasteiger partial charge in [-0.25, -0.2) is 0 Å². The number of rotatable bonds is 4. The maximum absolute atomic E-state index is 9.56. The molecule has 0 saturated heterocycles. The van der Waals surface area contributed by atoms with E-state index >= 15 is 0 Å². The highest BCUT2D eigenvalue weighted by Gasteiger charge is 2.07. The first-order valence-corrected chi connectivity index (χ1v) is 7.43. The Hall–Kier alpha value is -3.32. The summed E-state index contributed by atoms with van der Waals surface area (Å²) in [6, 6.07) is 17.5. The normalized spacial score (nSPS) is 11.1. The maximum Gasteiger partial charge on any atom is 0.123 e. The van der Waals surface area contributed by atoms with Crippen LogP contribution in [0.25, 0.3) is 22.6 Å². The first-order valence-electron chi connectivity index (χ1n) is 7.43. The summed E-state index contributed by atoms with van der Waals surface area (Å²) < 4.78 is 10.5. The molecule has 1 aromatic heterocycles. The average Bonchev–Trinajstić information content (AvgIpc) is 2.65. The Labute approximate surface area is 140 Å². The van der Waals surface area contributed by atoms with Crippen molar-refractivity contribution in [3.05, 3.63) is 65.9 Å². The van der Waals surface area contributed by atoms with Crippen LogP contribution in [-0.4, -0.2) is 19.2 Å². The molecular weight excluding hydrogens is 300 g/mol. The van der Waals surface area contributed by atoms with Crippen LogP contribution in [0.3, 0.4) is 0 Å². The molecule has 118 valence electrons. The molecule has 4 nitrogen and oxygen atoms in total. The van der Waals surface area contributed by atoms with Gasteiger partial charge in [-0.15, -0.1) is 0 Å². The number of fused-ring (bicyclic) bond motifs is 1. The molecule has 0 aliphatic rings.